The average Bonchev–Trinajstić information content (AvgIpc) is 2.42. The number of hydrogen-bond acceptors (Lipinski definition) is 4. The molecule has 0 unspecified atom stereocenters. The number of anilines is 1. The lowest BCUT2D eigenvalue weighted by Gasteiger charge is -2.06. The van der Waals surface area contributed by atoms with Crippen molar-refractivity contribution >= 4 is 11.7 Å². The molecule has 0 aliphatic heterocycles. The van der Waals surface area contributed by atoms with Crippen molar-refractivity contribution in [3.05, 3.63) is 52.7 Å². The second-order valence-corrected chi connectivity index (χ2v) is 4.21. The van der Waals surface area contributed by atoms with Gasteiger partial charge in [-0.1, -0.05) is 0 Å². The fourth-order valence-corrected chi connectivity index (χ4v) is 1.64. The Morgan fingerprint density at radius 2 is 2.05 bits per heavy atom. The normalized spacial score (nSPS) is 9.90. The number of amides is 1. The van der Waals surface area contributed by atoms with Gasteiger partial charge in [-0.2, -0.15) is 5.26 Å². The van der Waals surface area contributed by atoms with Crippen LogP contribution in [0.15, 0.2) is 24.3 Å². The number of nitriles is 1. The number of aryl methyl sites for hydroxylation is 2. The molecule has 1 N–H and O–H groups in total. The van der Waals surface area contributed by atoms with Crippen molar-refractivity contribution in [1.29, 1.82) is 5.26 Å². The van der Waals surface area contributed by atoms with E-state index in [-0.39, 0.29) is 17.2 Å². The van der Waals surface area contributed by atoms with E-state index in [4.69, 9.17) is 5.26 Å². The molecule has 20 heavy (non-hydrogen) atoms. The Morgan fingerprint density at radius 1 is 1.30 bits per heavy atom. The Morgan fingerprint density at radius 3 is 2.70 bits per heavy atom. The highest BCUT2D eigenvalue weighted by atomic mass is 19.1. The Bertz CT molecular complexity index is 722. The SMILES string of the molecule is Cc1cc(C#N)cc(C(=O)Nc2ccc(F)c(C)n2)n1. The third-order valence-corrected chi connectivity index (χ3v) is 2.58. The maximum Gasteiger partial charge on any atom is 0.275 e. The van der Waals surface area contributed by atoms with Crippen molar-refractivity contribution in [2.75, 3.05) is 5.32 Å². The predicted octanol–water partition coefficient (Wildman–Crippen LogP) is 2.36. The van der Waals surface area contributed by atoms with Crippen LogP contribution >= 0.6 is 0 Å². The van der Waals surface area contributed by atoms with Gasteiger partial charge in [-0.15, -0.1) is 0 Å². The van der Waals surface area contributed by atoms with Crippen LogP contribution in [0.3, 0.4) is 0 Å². The van der Waals surface area contributed by atoms with Gasteiger partial charge in [0.15, 0.2) is 0 Å². The van der Waals surface area contributed by atoms with E-state index in [1.54, 1.807) is 13.0 Å². The summed E-state index contributed by atoms with van der Waals surface area (Å²) in [5, 5.41) is 11.4. The van der Waals surface area contributed by atoms with Crippen molar-refractivity contribution in [3.63, 3.8) is 0 Å². The highest BCUT2D eigenvalue weighted by Crippen LogP contribution is 2.11. The van der Waals surface area contributed by atoms with E-state index >= 15 is 0 Å². The maximum absolute atomic E-state index is 13.1. The van der Waals surface area contributed by atoms with Gasteiger partial charge in [0.05, 0.1) is 17.3 Å². The maximum atomic E-state index is 13.1. The minimum absolute atomic E-state index is 0.116. The number of rotatable bonds is 2. The lowest BCUT2D eigenvalue weighted by Crippen LogP contribution is -2.15. The zero-order valence-corrected chi connectivity index (χ0v) is 10.9. The Balaban J connectivity index is 2.26. The van der Waals surface area contributed by atoms with Crippen molar-refractivity contribution in [2.45, 2.75) is 13.8 Å². The molecule has 2 aromatic heterocycles. The monoisotopic (exact) mass is 270 g/mol. The number of carbonyl (C=O) groups is 1. The van der Waals surface area contributed by atoms with E-state index in [9.17, 15) is 9.18 Å². The molecule has 2 aromatic rings. The summed E-state index contributed by atoms with van der Waals surface area (Å²) in [5.74, 6) is -0.706. The van der Waals surface area contributed by atoms with E-state index in [2.05, 4.69) is 15.3 Å². The molecular formula is C14H11FN4O. The van der Waals surface area contributed by atoms with Crippen molar-refractivity contribution in [3.8, 4) is 6.07 Å². The minimum atomic E-state index is -0.497. The van der Waals surface area contributed by atoms with Gasteiger partial charge in [0.25, 0.3) is 5.91 Å². The molecule has 0 aromatic carbocycles. The quantitative estimate of drug-likeness (QED) is 0.908. The van der Waals surface area contributed by atoms with Crippen LogP contribution in [0.25, 0.3) is 0 Å². The van der Waals surface area contributed by atoms with Crippen molar-refractivity contribution < 1.29 is 9.18 Å². The van der Waals surface area contributed by atoms with Crippen LogP contribution in [-0.2, 0) is 0 Å². The van der Waals surface area contributed by atoms with Gasteiger partial charge >= 0.3 is 0 Å². The number of hydrogen-bond donors (Lipinski definition) is 1. The number of halogens is 1. The second-order valence-electron chi connectivity index (χ2n) is 4.21. The van der Waals surface area contributed by atoms with Gasteiger partial charge in [0.2, 0.25) is 0 Å². The fraction of sp³-hybridized carbons (Fsp3) is 0.143. The predicted molar refractivity (Wildman–Crippen MR) is 70.6 cm³/mol. The summed E-state index contributed by atoms with van der Waals surface area (Å²) in [6.45, 7) is 3.20. The molecule has 0 aliphatic rings. The molecule has 6 heteroatoms. The van der Waals surface area contributed by atoms with Crippen LogP contribution in [0.1, 0.15) is 27.4 Å². The smallest absolute Gasteiger partial charge is 0.275 e. The van der Waals surface area contributed by atoms with Gasteiger partial charge in [-0.05, 0) is 38.1 Å². The summed E-state index contributed by atoms with van der Waals surface area (Å²) in [6.07, 6.45) is 0. The van der Waals surface area contributed by atoms with E-state index in [1.807, 2.05) is 6.07 Å². The van der Waals surface area contributed by atoms with Crippen LogP contribution in [0.5, 0.6) is 0 Å². The van der Waals surface area contributed by atoms with Gasteiger partial charge in [-0.3, -0.25) is 4.79 Å². The van der Waals surface area contributed by atoms with Crippen molar-refractivity contribution in [2.24, 2.45) is 0 Å². The molecule has 100 valence electrons. The summed E-state index contributed by atoms with van der Waals surface area (Å²) in [5.41, 5.74) is 1.23. The van der Waals surface area contributed by atoms with E-state index in [0.29, 0.717) is 11.3 Å². The van der Waals surface area contributed by atoms with Gasteiger partial charge in [-0.25, -0.2) is 14.4 Å². The Hall–Kier alpha value is -2.81. The topological polar surface area (TPSA) is 78.7 Å². The van der Waals surface area contributed by atoms with Gasteiger partial charge < -0.3 is 5.32 Å². The zero-order valence-electron chi connectivity index (χ0n) is 10.9. The highest BCUT2D eigenvalue weighted by Gasteiger charge is 2.11. The molecule has 0 saturated heterocycles. The van der Waals surface area contributed by atoms with Gasteiger partial charge in [0, 0.05) is 5.69 Å². The number of nitrogens with one attached hydrogen (secondary N) is 1. The molecule has 0 fully saturated rings. The Kier molecular flexibility index (Phi) is 3.71. The van der Waals surface area contributed by atoms with Crippen LogP contribution in [0.2, 0.25) is 0 Å². The van der Waals surface area contributed by atoms with Crippen molar-refractivity contribution in [1.82, 2.24) is 9.97 Å². The summed E-state index contributed by atoms with van der Waals surface area (Å²) in [7, 11) is 0. The lowest BCUT2D eigenvalue weighted by molar-refractivity contribution is 0.102. The molecule has 5 nitrogen and oxygen atoms in total. The average molecular weight is 270 g/mol. The molecule has 0 spiro atoms. The molecule has 1 amide bonds. The van der Waals surface area contributed by atoms with E-state index in [1.165, 1.54) is 25.1 Å². The summed E-state index contributed by atoms with van der Waals surface area (Å²) in [4.78, 5) is 20.0. The number of carbonyl (C=O) groups excluding carboxylic acids is 1. The number of pyridine rings is 2. The van der Waals surface area contributed by atoms with Crippen LogP contribution < -0.4 is 5.32 Å². The first-order chi connectivity index (χ1) is 9.49. The summed E-state index contributed by atoms with van der Waals surface area (Å²) in [6, 6.07) is 7.51. The minimum Gasteiger partial charge on any atom is -0.305 e. The molecule has 0 bridgehead atoms. The van der Waals surface area contributed by atoms with Crippen LogP contribution in [0, 0.1) is 31.0 Å². The molecule has 0 aliphatic carbocycles. The molecule has 0 radical (unpaired) electrons. The molecule has 2 rings (SSSR count). The van der Waals surface area contributed by atoms with Gasteiger partial charge in [0.1, 0.15) is 17.3 Å². The van der Waals surface area contributed by atoms with Crippen LogP contribution in [0.4, 0.5) is 10.2 Å². The number of nitrogens with zero attached hydrogens (tertiary/aromatic N) is 3. The summed E-state index contributed by atoms with van der Waals surface area (Å²) < 4.78 is 13.1. The van der Waals surface area contributed by atoms with E-state index < -0.39 is 11.7 Å². The Labute approximate surface area is 115 Å². The summed E-state index contributed by atoms with van der Waals surface area (Å²) >= 11 is 0. The number of aromatic nitrogens is 2. The van der Waals surface area contributed by atoms with E-state index in [0.717, 1.165) is 0 Å². The third kappa shape index (κ3) is 2.95. The zero-order chi connectivity index (χ0) is 14.7. The first-order valence-electron chi connectivity index (χ1n) is 5.83. The molecule has 2 heterocycles. The highest BCUT2D eigenvalue weighted by molar-refractivity contribution is 6.02. The first kappa shape index (κ1) is 13.6. The van der Waals surface area contributed by atoms with Crippen LogP contribution in [-0.4, -0.2) is 15.9 Å². The molecule has 0 atom stereocenters. The second kappa shape index (κ2) is 5.45. The largest absolute Gasteiger partial charge is 0.305 e. The molecular weight excluding hydrogens is 259 g/mol. The first-order valence-corrected chi connectivity index (χ1v) is 5.83. The standard InChI is InChI=1S/C14H11FN4O/c1-8-5-10(7-16)6-12(17-8)14(20)19-13-4-3-11(15)9(2)18-13/h3-6H,1-2H3,(H,18,19,20). The lowest BCUT2D eigenvalue weighted by atomic mass is 10.2. The molecule has 0 saturated carbocycles. The third-order valence-electron chi connectivity index (χ3n) is 2.58. The fourth-order valence-electron chi connectivity index (χ4n) is 1.64.